The number of hydrogen-bond acceptors (Lipinski definition) is 3. The van der Waals surface area contributed by atoms with Gasteiger partial charge in [0.05, 0.1) is 0 Å². The smallest absolute Gasteiger partial charge is 0.127 e. The van der Waals surface area contributed by atoms with Gasteiger partial charge in [-0.05, 0) is 38.7 Å². The Labute approximate surface area is 121 Å². The van der Waals surface area contributed by atoms with Crippen LogP contribution in [-0.2, 0) is 13.1 Å². The van der Waals surface area contributed by atoms with Crippen LogP contribution in [0.5, 0.6) is 0 Å². The van der Waals surface area contributed by atoms with E-state index in [9.17, 15) is 4.39 Å². The summed E-state index contributed by atoms with van der Waals surface area (Å²) in [6, 6.07) is 6.07. The highest BCUT2D eigenvalue weighted by Crippen LogP contribution is 2.19. The molecule has 1 N–H and O–H groups in total. The summed E-state index contributed by atoms with van der Waals surface area (Å²) in [4.78, 5) is 4.61. The Morgan fingerprint density at radius 3 is 2.85 bits per heavy atom. The summed E-state index contributed by atoms with van der Waals surface area (Å²) < 4.78 is 13.9. The molecule has 0 amide bonds. The SMILES string of the molecule is CCNCc1ccc(F)c(CN2CCC(N(C)C)C2)c1. The molecule has 1 aromatic carbocycles. The van der Waals surface area contributed by atoms with E-state index < -0.39 is 0 Å². The van der Waals surface area contributed by atoms with Gasteiger partial charge >= 0.3 is 0 Å². The van der Waals surface area contributed by atoms with E-state index in [1.165, 1.54) is 6.42 Å². The molecule has 3 nitrogen and oxygen atoms in total. The predicted octanol–water partition coefficient (Wildman–Crippen LogP) is 2.07. The van der Waals surface area contributed by atoms with Crippen molar-refractivity contribution in [1.29, 1.82) is 0 Å². The number of benzene rings is 1. The van der Waals surface area contributed by atoms with Crippen molar-refractivity contribution >= 4 is 0 Å². The van der Waals surface area contributed by atoms with Gasteiger partial charge in [0.1, 0.15) is 5.82 Å². The van der Waals surface area contributed by atoms with Crippen molar-refractivity contribution < 1.29 is 4.39 Å². The molecule has 1 aliphatic heterocycles. The highest BCUT2D eigenvalue weighted by molar-refractivity contribution is 5.25. The van der Waals surface area contributed by atoms with Crippen LogP contribution in [0.15, 0.2) is 18.2 Å². The zero-order chi connectivity index (χ0) is 14.5. The Balaban J connectivity index is 1.98. The second-order valence-corrected chi connectivity index (χ2v) is 5.85. The van der Waals surface area contributed by atoms with Crippen LogP contribution in [0.2, 0.25) is 0 Å². The zero-order valence-corrected chi connectivity index (χ0v) is 12.8. The summed E-state index contributed by atoms with van der Waals surface area (Å²) in [7, 11) is 4.23. The molecule has 1 unspecified atom stereocenters. The number of rotatable bonds is 6. The van der Waals surface area contributed by atoms with Crippen molar-refractivity contribution in [2.75, 3.05) is 33.7 Å². The second kappa shape index (κ2) is 7.16. The molecule has 1 fully saturated rings. The third kappa shape index (κ3) is 4.01. The zero-order valence-electron chi connectivity index (χ0n) is 12.8. The van der Waals surface area contributed by atoms with E-state index in [1.54, 1.807) is 6.07 Å². The van der Waals surface area contributed by atoms with Gasteiger partial charge in [0.2, 0.25) is 0 Å². The quantitative estimate of drug-likeness (QED) is 0.860. The van der Waals surface area contributed by atoms with Crippen molar-refractivity contribution in [1.82, 2.24) is 15.1 Å². The van der Waals surface area contributed by atoms with E-state index in [-0.39, 0.29) is 5.82 Å². The number of nitrogens with zero attached hydrogens (tertiary/aromatic N) is 2. The first kappa shape index (κ1) is 15.4. The Hall–Kier alpha value is -0.970. The second-order valence-electron chi connectivity index (χ2n) is 5.85. The summed E-state index contributed by atoms with van der Waals surface area (Å²) in [6.07, 6.45) is 1.17. The summed E-state index contributed by atoms with van der Waals surface area (Å²) in [5.41, 5.74) is 1.98. The molecule has 0 aromatic heterocycles. The molecule has 1 aromatic rings. The Morgan fingerprint density at radius 2 is 2.20 bits per heavy atom. The van der Waals surface area contributed by atoms with E-state index in [0.29, 0.717) is 6.04 Å². The fourth-order valence-corrected chi connectivity index (χ4v) is 2.75. The Kier molecular flexibility index (Phi) is 5.52. The van der Waals surface area contributed by atoms with E-state index in [1.807, 2.05) is 12.1 Å². The molecule has 0 aliphatic carbocycles. The minimum absolute atomic E-state index is 0.0847. The number of nitrogens with one attached hydrogen (secondary N) is 1. The van der Waals surface area contributed by atoms with Crippen LogP contribution in [0, 0.1) is 5.82 Å². The van der Waals surface area contributed by atoms with Gasteiger partial charge in [-0.3, -0.25) is 4.90 Å². The molecule has 112 valence electrons. The first-order valence-corrected chi connectivity index (χ1v) is 7.47. The molecule has 1 atom stereocenters. The summed E-state index contributed by atoms with van der Waals surface area (Å²) in [5.74, 6) is -0.0847. The lowest BCUT2D eigenvalue weighted by Gasteiger charge is -2.20. The molecule has 1 heterocycles. The molecule has 0 radical (unpaired) electrons. The van der Waals surface area contributed by atoms with Crippen LogP contribution in [-0.4, -0.2) is 49.6 Å². The van der Waals surface area contributed by atoms with Crippen molar-refractivity contribution in [3.8, 4) is 0 Å². The third-order valence-electron chi connectivity index (χ3n) is 4.06. The maximum Gasteiger partial charge on any atom is 0.127 e. The number of halogens is 1. The Morgan fingerprint density at radius 1 is 1.40 bits per heavy atom. The number of hydrogen-bond donors (Lipinski definition) is 1. The van der Waals surface area contributed by atoms with E-state index in [0.717, 1.165) is 43.9 Å². The molecule has 1 saturated heterocycles. The first-order chi connectivity index (χ1) is 9.60. The van der Waals surface area contributed by atoms with Gasteiger partial charge in [-0.25, -0.2) is 4.39 Å². The van der Waals surface area contributed by atoms with Gasteiger partial charge in [0.25, 0.3) is 0 Å². The van der Waals surface area contributed by atoms with Gasteiger partial charge in [-0.2, -0.15) is 0 Å². The van der Waals surface area contributed by atoms with Crippen molar-refractivity contribution in [2.24, 2.45) is 0 Å². The average Bonchev–Trinajstić information content (AvgIpc) is 2.88. The van der Waals surface area contributed by atoms with Crippen molar-refractivity contribution in [2.45, 2.75) is 32.5 Å². The van der Waals surface area contributed by atoms with E-state index in [2.05, 4.69) is 36.1 Å². The molecule has 0 spiro atoms. The maximum absolute atomic E-state index is 13.9. The van der Waals surface area contributed by atoms with E-state index >= 15 is 0 Å². The summed E-state index contributed by atoms with van der Waals surface area (Å²) >= 11 is 0. The lowest BCUT2D eigenvalue weighted by Crippen LogP contribution is -2.31. The highest BCUT2D eigenvalue weighted by atomic mass is 19.1. The fourth-order valence-electron chi connectivity index (χ4n) is 2.75. The van der Waals surface area contributed by atoms with Crippen LogP contribution in [0.4, 0.5) is 4.39 Å². The molecule has 20 heavy (non-hydrogen) atoms. The fraction of sp³-hybridized carbons (Fsp3) is 0.625. The van der Waals surface area contributed by atoms with Crippen molar-refractivity contribution in [3.05, 3.63) is 35.1 Å². The van der Waals surface area contributed by atoms with Gasteiger partial charge in [0, 0.05) is 37.8 Å². The van der Waals surface area contributed by atoms with Crippen molar-refractivity contribution in [3.63, 3.8) is 0 Å². The minimum atomic E-state index is -0.0847. The lowest BCUT2D eigenvalue weighted by atomic mass is 10.1. The third-order valence-corrected chi connectivity index (χ3v) is 4.06. The normalized spacial score (nSPS) is 19.9. The highest BCUT2D eigenvalue weighted by Gasteiger charge is 2.24. The topological polar surface area (TPSA) is 18.5 Å². The lowest BCUT2D eigenvalue weighted by molar-refractivity contribution is 0.263. The minimum Gasteiger partial charge on any atom is -0.313 e. The van der Waals surface area contributed by atoms with Crippen LogP contribution in [0.1, 0.15) is 24.5 Å². The van der Waals surface area contributed by atoms with Crippen LogP contribution >= 0.6 is 0 Å². The first-order valence-electron chi connectivity index (χ1n) is 7.47. The molecule has 4 heteroatoms. The largest absolute Gasteiger partial charge is 0.313 e. The summed E-state index contributed by atoms with van der Waals surface area (Å²) in [5, 5.41) is 3.28. The van der Waals surface area contributed by atoms with E-state index in [4.69, 9.17) is 0 Å². The van der Waals surface area contributed by atoms with Crippen LogP contribution in [0.3, 0.4) is 0 Å². The number of likely N-dealkylation sites (N-methyl/N-ethyl adjacent to an activating group) is 1. The predicted molar refractivity (Wildman–Crippen MR) is 81.1 cm³/mol. The Bertz CT molecular complexity index is 434. The van der Waals surface area contributed by atoms with Gasteiger partial charge < -0.3 is 10.2 Å². The molecular formula is C16H26FN3. The molecule has 2 rings (SSSR count). The summed E-state index contributed by atoms with van der Waals surface area (Å²) in [6.45, 7) is 6.63. The van der Waals surface area contributed by atoms with Gasteiger partial charge in [-0.15, -0.1) is 0 Å². The molecular weight excluding hydrogens is 253 g/mol. The standard InChI is InChI=1S/C16H26FN3/c1-4-18-10-13-5-6-16(17)14(9-13)11-20-8-7-15(12-20)19(2)3/h5-6,9,15,18H,4,7-8,10-12H2,1-3H3. The molecule has 0 bridgehead atoms. The monoisotopic (exact) mass is 279 g/mol. The molecule has 0 saturated carbocycles. The number of likely N-dealkylation sites (tertiary alicyclic amines) is 1. The van der Waals surface area contributed by atoms with Crippen LogP contribution in [0.25, 0.3) is 0 Å². The molecule has 1 aliphatic rings. The van der Waals surface area contributed by atoms with Crippen LogP contribution < -0.4 is 5.32 Å². The van der Waals surface area contributed by atoms with Gasteiger partial charge in [-0.1, -0.05) is 19.1 Å². The maximum atomic E-state index is 13.9. The van der Waals surface area contributed by atoms with Gasteiger partial charge in [0.15, 0.2) is 0 Å². The average molecular weight is 279 g/mol.